The summed E-state index contributed by atoms with van der Waals surface area (Å²) >= 11 is 0. The Labute approximate surface area is 113 Å². The number of rotatable bonds is 3. The molecule has 2 heteroatoms. The van der Waals surface area contributed by atoms with Crippen molar-refractivity contribution in [2.75, 3.05) is 6.61 Å². The zero-order chi connectivity index (χ0) is 13.2. The number of nitrogens with one attached hydrogen (secondary N) is 1. The quantitative estimate of drug-likeness (QED) is 0.726. The number of para-hydroxylation sites is 1. The minimum atomic E-state index is 0.701. The van der Waals surface area contributed by atoms with Crippen LogP contribution in [0.3, 0.4) is 0 Å². The first-order valence-corrected chi connectivity index (χ1v) is 6.59. The highest BCUT2D eigenvalue weighted by Gasteiger charge is 2.05. The van der Waals surface area contributed by atoms with Gasteiger partial charge in [-0.25, -0.2) is 0 Å². The maximum Gasteiger partial charge on any atom is 0.122 e. The first-order valence-electron chi connectivity index (χ1n) is 6.59. The SMILES string of the molecule is CCOc1ccc(-c2cc3ccccc3[nH]2)cc1C. The van der Waals surface area contributed by atoms with Crippen LogP contribution in [-0.4, -0.2) is 11.6 Å². The maximum atomic E-state index is 5.58. The number of fused-ring (bicyclic) bond motifs is 1. The molecule has 2 nitrogen and oxygen atoms in total. The van der Waals surface area contributed by atoms with E-state index in [9.17, 15) is 0 Å². The maximum absolute atomic E-state index is 5.58. The molecule has 0 bridgehead atoms. The van der Waals surface area contributed by atoms with Gasteiger partial charge in [0.15, 0.2) is 0 Å². The van der Waals surface area contributed by atoms with Crippen LogP contribution in [0.1, 0.15) is 12.5 Å². The second kappa shape index (κ2) is 4.81. The molecule has 1 N–H and O–H groups in total. The van der Waals surface area contributed by atoms with E-state index in [1.807, 2.05) is 19.1 Å². The zero-order valence-corrected chi connectivity index (χ0v) is 11.2. The predicted molar refractivity (Wildman–Crippen MR) is 79.6 cm³/mol. The van der Waals surface area contributed by atoms with Crippen molar-refractivity contribution in [3.8, 4) is 17.0 Å². The van der Waals surface area contributed by atoms with Crippen molar-refractivity contribution in [3.63, 3.8) is 0 Å². The molecule has 0 aliphatic rings. The number of ether oxygens (including phenoxy) is 1. The van der Waals surface area contributed by atoms with E-state index >= 15 is 0 Å². The molecule has 0 atom stereocenters. The van der Waals surface area contributed by atoms with E-state index in [0.29, 0.717) is 6.61 Å². The monoisotopic (exact) mass is 251 g/mol. The summed E-state index contributed by atoms with van der Waals surface area (Å²) < 4.78 is 5.58. The first-order chi connectivity index (χ1) is 9.28. The van der Waals surface area contributed by atoms with Gasteiger partial charge in [-0.1, -0.05) is 18.2 Å². The summed E-state index contributed by atoms with van der Waals surface area (Å²) in [4.78, 5) is 3.45. The third-order valence-electron chi connectivity index (χ3n) is 3.32. The molecule has 0 unspecified atom stereocenters. The minimum absolute atomic E-state index is 0.701. The first kappa shape index (κ1) is 11.8. The number of aromatic nitrogens is 1. The Bertz CT molecular complexity index is 679. The summed E-state index contributed by atoms with van der Waals surface area (Å²) in [6.07, 6.45) is 0. The summed E-state index contributed by atoms with van der Waals surface area (Å²) in [5.41, 5.74) is 4.67. The fourth-order valence-corrected chi connectivity index (χ4v) is 2.36. The number of hydrogen-bond acceptors (Lipinski definition) is 1. The number of H-pyrrole nitrogens is 1. The summed E-state index contributed by atoms with van der Waals surface area (Å²) in [6.45, 7) is 4.79. The molecule has 0 aliphatic heterocycles. The van der Waals surface area contributed by atoms with Crippen molar-refractivity contribution in [2.24, 2.45) is 0 Å². The molecule has 3 aromatic rings. The fraction of sp³-hybridized carbons (Fsp3) is 0.176. The molecule has 1 aromatic heterocycles. The summed E-state index contributed by atoms with van der Waals surface area (Å²) in [5.74, 6) is 0.961. The molecule has 0 aliphatic carbocycles. The van der Waals surface area contributed by atoms with Crippen molar-refractivity contribution < 1.29 is 4.74 Å². The molecule has 0 fully saturated rings. The Morgan fingerprint density at radius 3 is 2.63 bits per heavy atom. The molecule has 1 heterocycles. The van der Waals surface area contributed by atoms with Gasteiger partial charge in [0.05, 0.1) is 6.61 Å². The predicted octanol–water partition coefficient (Wildman–Crippen LogP) is 4.54. The largest absolute Gasteiger partial charge is 0.494 e. The summed E-state index contributed by atoms with van der Waals surface area (Å²) in [5, 5.41) is 1.24. The van der Waals surface area contributed by atoms with Gasteiger partial charge in [-0.15, -0.1) is 0 Å². The van der Waals surface area contributed by atoms with E-state index in [4.69, 9.17) is 4.74 Å². The highest BCUT2D eigenvalue weighted by Crippen LogP contribution is 2.28. The lowest BCUT2D eigenvalue weighted by Crippen LogP contribution is -1.93. The van der Waals surface area contributed by atoms with Crippen LogP contribution >= 0.6 is 0 Å². The summed E-state index contributed by atoms with van der Waals surface area (Å²) in [7, 11) is 0. The van der Waals surface area contributed by atoms with Gasteiger partial charge in [-0.05, 0) is 55.3 Å². The molecule has 0 radical (unpaired) electrons. The van der Waals surface area contributed by atoms with Crippen molar-refractivity contribution in [1.29, 1.82) is 0 Å². The van der Waals surface area contributed by atoms with Gasteiger partial charge in [-0.3, -0.25) is 0 Å². The van der Waals surface area contributed by atoms with Crippen LogP contribution in [0.4, 0.5) is 0 Å². The number of benzene rings is 2. The molecule has 0 spiro atoms. The molecule has 0 saturated carbocycles. The Hall–Kier alpha value is -2.22. The van der Waals surface area contributed by atoms with E-state index in [2.05, 4.69) is 48.3 Å². The van der Waals surface area contributed by atoms with Gasteiger partial charge in [0.2, 0.25) is 0 Å². The molecule has 2 aromatic carbocycles. The molecule has 19 heavy (non-hydrogen) atoms. The van der Waals surface area contributed by atoms with E-state index in [1.54, 1.807) is 0 Å². The molecule has 3 rings (SSSR count). The second-order valence-electron chi connectivity index (χ2n) is 4.68. The van der Waals surface area contributed by atoms with Gasteiger partial charge in [0.25, 0.3) is 0 Å². The molecule has 0 amide bonds. The van der Waals surface area contributed by atoms with E-state index in [-0.39, 0.29) is 0 Å². The number of aryl methyl sites for hydroxylation is 1. The van der Waals surface area contributed by atoms with Crippen LogP contribution in [0.25, 0.3) is 22.2 Å². The Kier molecular flexibility index (Phi) is 3.00. The van der Waals surface area contributed by atoms with Crippen LogP contribution in [0.2, 0.25) is 0 Å². The van der Waals surface area contributed by atoms with Crippen LogP contribution in [0.15, 0.2) is 48.5 Å². The van der Waals surface area contributed by atoms with Crippen molar-refractivity contribution in [1.82, 2.24) is 4.98 Å². The van der Waals surface area contributed by atoms with Crippen molar-refractivity contribution in [3.05, 3.63) is 54.1 Å². The van der Waals surface area contributed by atoms with Crippen LogP contribution in [-0.2, 0) is 0 Å². The van der Waals surface area contributed by atoms with Gasteiger partial charge >= 0.3 is 0 Å². The van der Waals surface area contributed by atoms with Crippen molar-refractivity contribution >= 4 is 10.9 Å². The van der Waals surface area contributed by atoms with Gasteiger partial charge in [0, 0.05) is 16.6 Å². The lowest BCUT2D eigenvalue weighted by atomic mass is 10.1. The number of aromatic amines is 1. The molecular weight excluding hydrogens is 234 g/mol. The average molecular weight is 251 g/mol. The fourth-order valence-electron chi connectivity index (χ4n) is 2.36. The molecule has 96 valence electrons. The van der Waals surface area contributed by atoms with E-state index < -0.39 is 0 Å². The van der Waals surface area contributed by atoms with Gasteiger partial charge in [-0.2, -0.15) is 0 Å². The highest BCUT2D eigenvalue weighted by molar-refractivity contribution is 5.85. The Balaban J connectivity index is 2.03. The van der Waals surface area contributed by atoms with Crippen LogP contribution in [0.5, 0.6) is 5.75 Å². The Morgan fingerprint density at radius 1 is 1.05 bits per heavy atom. The third kappa shape index (κ3) is 2.22. The van der Waals surface area contributed by atoms with Gasteiger partial charge in [0.1, 0.15) is 5.75 Å². The van der Waals surface area contributed by atoms with Crippen LogP contribution < -0.4 is 4.74 Å². The zero-order valence-electron chi connectivity index (χ0n) is 11.2. The topological polar surface area (TPSA) is 25.0 Å². The van der Waals surface area contributed by atoms with Crippen molar-refractivity contribution in [2.45, 2.75) is 13.8 Å². The second-order valence-corrected chi connectivity index (χ2v) is 4.68. The lowest BCUT2D eigenvalue weighted by Gasteiger charge is -2.08. The highest BCUT2D eigenvalue weighted by atomic mass is 16.5. The third-order valence-corrected chi connectivity index (χ3v) is 3.32. The number of hydrogen-bond donors (Lipinski definition) is 1. The van der Waals surface area contributed by atoms with E-state index in [0.717, 1.165) is 17.0 Å². The Morgan fingerprint density at radius 2 is 1.89 bits per heavy atom. The lowest BCUT2D eigenvalue weighted by molar-refractivity contribution is 0.338. The van der Waals surface area contributed by atoms with Crippen LogP contribution in [0, 0.1) is 6.92 Å². The summed E-state index contributed by atoms with van der Waals surface area (Å²) in [6, 6.07) is 16.8. The average Bonchev–Trinajstić information content (AvgIpc) is 2.85. The molecular formula is C17H17NO. The van der Waals surface area contributed by atoms with E-state index in [1.165, 1.54) is 16.5 Å². The smallest absolute Gasteiger partial charge is 0.122 e. The normalized spacial score (nSPS) is 10.8. The van der Waals surface area contributed by atoms with Gasteiger partial charge < -0.3 is 9.72 Å². The standard InChI is InChI=1S/C17H17NO/c1-3-19-17-9-8-14(10-12(17)2)16-11-13-6-4-5-7-15(13)18-16/h4-11,18H,3H2,1-2H3. The minimum Gasteiger partial charge on any atom is -0.494 e. The molecule has 0 saturated heterocycles.